The van der Waals surface area contributed by atoms with Gasteiger partial charge in [-0.1, -0.05) is 20.8 Å². The molecule has 0 N–H and O–H groups in total. The molecule has 4 heteroatoms. The minimum Gasteiger partial charge on any atom is -0.462 e. The van der Waals surface area contributed by atoms with Crippen LogP contribution in [0.1, 0.15) is 34.1 Å². The summed E-state index contributed by atoms with van der Waals surface area (Å²) in [5.41, 5.74) is 0. The summed E-state index contributed by atoms with van der Waals surface area (Å²) in [7, 11) is 0. The van der Waals surface area contributed by atoms with Crippen LogP contribution >= 0.6 is 0 Å². The monoisotopic (exact) mass is 202 g/mol. The molecule has 0 aromatic carbocycles. The van der Waals surface area contributed by atoms with E-state index in [1.807, 2.05) is 0 Å². The van der Waals surface area contributed by atoms with Gasteiger partial charge >= 0.3 is 11.9 Å². The predicted octanol–water partition coefficient (Wildman–Crippen LogP) is 1.53. The van der Waals surface area contributed by atoms with Crippen molar-refractivity contribution < 1.29 is 19.1 Å². The second-order valence-corrected chi connectivity index (χ2v) is 3.44. The fourth-order valence-electron chi connectivity index (χ4n) is 0.708. The molecule has 0 aliphatic rings. The van der Waals surface area contributed by atoms with E-state index in [-0.39, 0.29) is 30.6 Å². The Morgan fingerprint density at radius 3 is 2.21 bits per heavy atom. The first kappa shape index (κ1) is 12.9. The number of carbonyl (C=O) groups excluding carboxylic acids is 2. The molecule has 0 rings (SSSR count). The van der Waals surface area contributed by atoms with Crippen molar-refractivity contribution in [3.63, 3.8) is 0 Å². The van der Waals surface area contributed by atoms with Crippen LogP contribution in [-0.2, 0) is 19.1 Å². The Kier molecular flexibility index (Phi) is 5.92. The van der Waals surface area contributed by atoms with Crippen molar-refractivity contribution >= 4 is 11.9 Å². The molecule has 1 unspecified atom stereocenters. The number of ether oxygens (including phenoxy) is 2. The number of hydrogen-bond acceptors (Lipinski definition) is 4. The standard InChI is InChI=1S/C10H18O4/c1-5-9(11)14-8(4)6-13-10(12)7(2)3/h7-8H,5-6H2,1-4H3. The molecule has 0 heterocycles. The van der Waals surface area contributed by atoms with Crippen LogP contribution in [0.25, 0.3) is 0 Å². The van der Waals surface area contributed by atoms with Gasteiger partial charge in [0.15, 0.2) is 0 Å². The molecule has 0 fully saturated rings. The van der Waals surface area contributed by atoms with Gasteiger partial charge in [0, 0.05) is 6.42 Å². The summed E-state index contributed by atoms with van der Waals surface area (Å²) >= 11 is 0. The van der Waals surface area contributed by atoms with Crippen molar-refractivity contribution in [1.29, 1.82) is 0 Å². The highest BCUT2D eigenvalue weighted by atomic mass is 16.6. The summed E-state index contributed by atoms with van der Waals surface area (Å²) in [6, 6.07) is 0. The Labute approximate surface area is 84.6 Å². The average molecular weight is 202 g/mol. The van der Waals surface area contributed by atoms with Crippen LogP contribution in [0, 0.1) is 5.92 Å². The molecule has 4 nitrogen and oxygen atoms in total. The molecule has 0 spiro atoms. The maximum absolute atomic E-state index is 11.0. The van der Waals surface area contributed by atoms with Crippen molar-refractivity contribution in [2.24, 2.45) is 5.92 Å². The quantitative estimate of drug-likeness (QED) is 0.634. The molecule has 0 amide bonds. The number of hydrogen-bond donors (Lipinski definition) is 0. The van der Waals surface area contributed by atoms with E-state index in [0.717, 1.165) is 0 Å². The first-order valence-corrected chi connectivity index (χ1v) is 4.83. The molecular weight excluding hydrogens is 184 g/mol. The zero-order valence-corrected chi connectivity index (χ0v) is 9.20. The smallest absolute Gasteiger partial charge is 0.308 e. The highest BCUT2D eigenvalue weighted by Crippen LogP contribution is 2.00. The number of carbonyl (C=O) groups is 2. The van der Waals surface area contributed by atoms with E-state index in [1.165, 1.54) is 0 Å². The minimum absolute atomic E-state index is 0.128. The van der Waals surface area contributed by atoms with Gasteiger partial charge in [-0.3, -0.25) is 9.59 Å². The maximum atomic E-state index is 11.0. The third kappa shape index (κ3) is 5.56. The molecule has 0 aliphatic heterocycles. The zero-order valence-electron chi connectivity index (χ0n) is 9.20. The molecule has 0 saturated carbocycles. The lowest BCUT2D eigenvalue weighted by atomic mass is 10.2. The van der Waals surface area contributed by atoms with Crippen LogP contribution in [0.4, 0.5) is 0 Å². The van der Waals surface area contributed by atoms with Gasteiger partial charge < -0.3 is 9.47 Å². The van der Waals surface area contributed by atoms with Crippen molar-refractivity contribution in [3.8, 4) is 0 Å². The Bertz CT molecular complexity index is 198. The van der Waals surface area contributed by atoms with Gasteiger partial charge in [-0.05, 0) is 6.92 Å². The van der Waals surface area contributed by atoms with Crippen molar-refractivity contribution in [2.45, 2.75) is 40.2 Å². The van der Waals surface area contributed by atoms with Gasteiger partial charge in [-0.15, -0.1) is 0 Å². The Morgan fingerprint density at radius 1 is 1.21 bits per heavy atom. The van der Waals surface area contributed by atoms with E-state index >= 15 is 0 Å². The molecule has 0 radical (unpaired) electrons. The largest absolute Gasteiger partial charge is 0.462 e. The molecule has 82 valence electrons. The lowest BCUT2D eigenvalue weighted by Gasteiger charge is -2.13. The second-order valence-electron chi connectivity index (χ2n) is 3.44. The molecular formula is C10H18O4. The summed E-state index contributed by atoms with van der Waals surface area (Å²) in [5.74, 6) is -0.702. The van der Waals surface area contributed by atoms with Crippen molar-refractivity contribution in [2.75, 3.05) is 6.61 Å². The van der Waals surface area contributed by atoms with E-state index in [9.17, 15) is 9.59 Å². The Morgan fingerprint density at radius 2 is 1.79 bits per heavy atom. The molecule has 1 atom stereocenters. The van der Waals surface area contributed by atoms with Crippen LogP contribution in [-0.4, -0.2) is 24.6 Å². The van der Waals surface area contributed by atoms with Gasteiger partial charge in [0.1, 0.15) is 12.7 Å². The van der Waals surface area contributed by atoms with Crippen LogP contribution in [0.5, 0.6) is 0 Å². The Hall–Kier alpha value is -1.06. The number of esters is 2. The highest BCUT2D eigenvalue weighted by Gasteiger charge is 2.12. The second kappa shape index (κ2) is 6.40. The molecule has 0 bridgehead atoms. The van der Waals surface area contributed by atoms with Crippen LogP contribution in [0.15, 0.2) is 0 Å². The first-order valence-electron chi connectivity index (χ1n) is 4.83. The summed E-state index contributed by atoms with van der Waals surface area (Å²) in [6.45, 7) is 7.05. The highest BCUT2D eigenvalue weighted by molar-refractivity contribution is 5.71. The van der Waals surface area contributed by atoms with Gasteiger partial charge in [-0.25, -0.2) is 0 Å². The third-order valence-corrected chi connectivity index (χ3v) is 1.55. The van der Waals surface area contributed by atoms with Gasteiger partial charge in [0.25, 0.3) is 0 Å². The first-order chi connectivity index (χ1) is 6.47. The normalized spacial score (nSPS) is 12.4. The summed E-state index contributed by atoms with van der Waals surface area (Å²) < 4.78 is 9.81. The molecule has 14 heavy (non-hydrogen) atoms. The van der Waals surface area contributed by atoms with Gasteiger partial charge in [0.2, 0.25) is 0 Å². The van der Waals surface area contributed by atoms with E-state index in [2.05, 4.69) is 0 Å². The lowest BCUT2D eigenvalue weighted by molar-refractivity contribution is -0.159. The third-order valence-electron chi connectivity index (χ3n) is 1.55. The molecule has 0 aliphatic carbocycles. The lowest BCUT2D eigenvalue weighted by Crippen LogP contribution is -2.23. The topological polar surface area (TPSA) is 52.6 Å². The van der Waals surface area contributed by atoms with Crippen LogP contribution in [0.3, 0.4) is 0 Å². The molecule has 0 aromatic heterocycles. The van der Waals surface area contributed by atoms with Gasteiger partial charge in [-0.2, -0.15) is 0 Å². The van der Waals surface area contributed by atoms with E-state index in [0.29, 0.717) is 6.42 Å². The fourth-order valence-corrected chi connectivity index (χ4v) is 0.708. The summed E-state index contributed by atoms with van der Waals surface area (Å²) in [6.07, 6.45) is -0.0345. The van der Waals surface area contributed by atoms with Gasteiger partial charge in [0.05, 0.1) is 5.92 Å². The predicted molar refractivity (Wildman–Crippen MR) is 51.6 cm³/mol. The van der Waals surface area contributed by atoms with E-state index in [4.69, 9.17) is 9.47 Å². The van der Waals surface area contributed by atoms with Crippen LogP contribution < -0.4 is 0 Å². The molecule has 0 saturated heterocycles. The molecule has 0 aromatic rings. The SMILES string of the molecule is CCC(=O)OC(C)COC(=O)C(C)C. The van der Waals surface area contributed by atoms with Crippen molar-refractivity contribution in [3.05, 3.63) is 0 Å². The van der Waals surface area contributed by atoms with E-state index in [1.54, 1.807) is 27.7 Å². The summed E-state index contributed by atoms with van der Waals surface area (Å²) in [5, 5.41) is 0. The van der Waals surface area contributed by atoms with Crippen LogP contribution in [0.2, 0.25) is 0 Å². The fraction of sp³-hybridized carbons (Fsp3) is 0.800. The van der Waals surface area contributed by atoms with Crippen molar-refractivity contribution in [1.82, 2.24) is 0 Å². The maximum Gasteiger partial charge on any atom is 0.308 e. The zero-order chi connectivity index (χ0) is 11.1. The summed E-state index contributed by atoms with van der Waals surface area (Å²) in [4.78, 5) is 21.9. The Balaban J connectivity index is 3.68. The van der Waals surface area contributed by atoms with E-state index < -0.39 is 0 Å². The average Bonchev–Trinajstić information content (AvgIpc) is 2.13. The minimum atomic E-state index is -0.370. The number of rotatable bonds is 5.